The highest BCUT2D eigenvalue weighted by atomic mass is 79.9. The second kappa shape index (κ2) is 9.76. The van der Waals surface area contributed by atoms with E-state index < -0.39 is 16.1 Å². The van der Waals surface area contributed by atoms with E-state index in [9.17, 15) is 18.0 Å². The van der Waals surface area contributed by atoms with E-state index in [2.05, 4.69) is 21.2 Å². The first-order valence-corrected chi connectivity index (χ1v) is 13.3. The van der Waals surface area contributed by atoms with Gasteiger partial charge in [0.05, 0.1) is 10.6 Å². The Morgan fingerprint density at radius 2 is 1.79 bits per heavy atom. The number of amides is 2. The fraction of sp³-hybridized carbons (Fsp3) is 0.280. The van der Waals surface area contributed by atoms with E-state index in [1.54, 1.807) is 25.1 Å². The summed E-state index contributed by atoms with van der Waals surface area (Å²) in [5, 5.41) is 4.20. The standard InChI is InChI=1S/C25H26BrN3O4S/c1-17(25(31)27-2)28(16-18-7-3-10-20(26)15-18)23(30)13-6-14-29-21-11-4-8-19-9-5-12-22(24(19)21)34(29,32)33/h3-5,7-12,15,17H,6,13-14,16H2,1-2H3,(H,27,31)/t17-/m1/s1. The van der Waals surface area contributed by atoms with Crippen molar-refractivity contribution in [2.24, 2.45) is 0 Å². The molecule has 1 aliphatic heterocycles. The van der Waals surface area contributed by atoms with E-state index >= 15 is 0 Å². The van der Waals surface area contributed by atoms with Crippen LogP contribution in [0.15, 0.2) is 70.0 Å². The molecule has 178 valence electrons. The quantitative estimate of drug-likeness (QED) is 0.464. The van der Waals surface area contributed by atoms with Gasteiger partial charge in [0.15, 0.2) is 0 Å². The van der Waals surface area contributed by atoms with Gasteiger partial charge in [0.25, 0.3) is 10.0 Å². The van der Waals surface area contributed by atoms with E-state index in [4.69, 9.17) is 0 Å². The van der Waals surface area contributed by atoms with Crippen LogP contribution in [0.1, 0.15) is 25.3 Å². The normalized spacial score (nSPS) is 14.7. The first kappa shape index (κ1) is 24.2. The topological polar surface area (TPSA) is 86.8 Å². The lowest BCUT2D eigenvalue weighted by atomic mass is 10.1. The van der Waals surface area contributed by atoms with E-state index in [-0.39, 0.29) is 31.3 Å². The van der Waals surface area contributed by atoms with Crippen molar-refractivity contribution < 1.29 is 18.0 Å². The summed E-state index contributed by atoms with van der Waals surface area (Å²) in [5.74, 6) is -0.462. The van der Waals surface area contributed by atoms with Crippen LogP contribution in [0.25, 0.3) is 10.8 Å². The molecule has 1 N–H and O–H groups in total. The Morgan fingerprint density at radius 1 is 1.09 bits per heavy atom. The Bertz CT molecular complexity index is 1350. The lowest BCUT2D eigenvalue weighted by Gasteiger charge is -2.29. The molecule has 1 aliphatic rings. The van der Waals surface area contributed by atoms with Crippen molar-refractivity contribution >= 4 is 54.2 Å². The van der Waals surface area contributed by atoms with Crippen LogP contribution < -0.4 is 9.62 Å². The molecule has 0 unspecified atom stereocenters. The van der Waals surface area contributed by atoms with Crippen LogP contribution in [0.5, 0.6) is 0 Å². The fourth-order valence-corrected chi connectivity index (χ4v) is 6.54. The Morgan fingerprint density at radius 3 is 2.50 bits per heavy atom. The molecule has 3 aromatic carbocycles. The van der Waals surface area contributed by atoms with Gasteiger partial charge < -0.3 is 10.2 Å². The maximum atomic E-state index is 13.2. The number of carbonyl (C=O) groups is 2. The van der Waals surface area contributed by atoms with Gasteiger partial charge >= 0.3 is 0 Å². The lowest BCUT2D eigenvalue weighted by Crippen LogP contribution is -2.46. The molecule has 9 heteroatoms. The second-order valence-electron chi connectivity index (χ2n) is 8.25. The molecule has 34 heavy (non-hydrogen) atoms. The minimum atomic E-state index is -3.66. The molecule has 0 radical (unpaired) electrons. The first-order chi connectivity index (χ1) is 16.2. The number of carbonyl (C=O) groups excluding carboxylic acids is 2. The predicted molar refractivity (Wildman–Crippen MR) is 136 cm³/mol. The van der Waals surface area contributed by atoms with Crippen molar-refractivity contribution in [3.63, 3.8) is 0 Å². The molecule has 0 saturated heterocycles. The van der Waals surface area contributed by atoms with Gasteiger partial charge in [0.1, 0.15) is 6.04 Å². The summed E-state index contributed by atoms with van der Waals surface area (Å²) in [6.07, 6.45) is 0.450. The number of hydrogen-bond donors (Lipinski definition) is 1. The van der Waals surface area contributed by atoms with E-state index in [1.807, 2.05) is 42.5 Å². The fourth-order valence-electron chi connectivity index (χ4n) is 4.34. The van der Waals surface area contributed by atoms with Crippen LogP contribution in [0.2, 0.25) is 0 Å². The number of likely N-dealkylation sites (N-methyl/N-ethyl adjacent to an activating group) is 1. The molecular weight excluding hydrogens is 518 g/mol. The highest BCUT2D eigenvalue weighted by molar-refractivity contribution is 9.10. The summed E-state index contributed by atoms with van der Waals surface area (Å²) >= 11 is 3.44. The van der Waals surface area contributed by atoms with Gasteiger partial charge in [-0.1, -0.05) is 52.3 Å². The smallest absolute Gasteiger partial charge is 0.265 e. The summed E-state index contributed by atoms with van der Waals surface area (Å²) < 4.78 is 28.6. The summed E-state index contributed by atoms with van der Waals surface area (Å²) in [6.45, 7) is 2.15. The van der Waals surface area contributed by atoms with Crippen LogP contribution >= 0.6 is 15.9 Å². The monoisotopic (exact) mass is 543 g/mol. The molecule has 7 nitrogen and oxygen atoms in total. The summed E-state index contributed by atoms with van der Waals surface area (Å²) in [4.78, 5) is 27.4. The maximum absolute atomic E-state index is 13.2. The molecule has 4 rings (SSSR count). The summed E-state index contributed by atoms with van der Waals surface area (Å²) in [7, 11) is -2.13. The van der Waals surface area contributed by atoms with Crippen molar-refractivity contribution in [3.05, 3.63) is 70.7 Å². The van der Waals surface area contributed by atoms with Gasteiger partial charge in [-0.15, -0.1) is 0 Å². The molecule has 0 saturated carbocycles. The molecule has 0 aliphatic carbocycles. The van der Waals surface area contributed by atoms with Crippen molar-refractivity contribution in [1.29, 1.82) is 0 Å². The third-order valence-corrected chi connectivity index (χ3v) is 8.44. The van der Waals surface area contributed by atoms with Gasteiger partial charge in [-0.2, -0.15) is 0 Å². The molecule has 0 fully saturated rings. The van der Waals surface area contributed by atoms with Crippen molar-refractivity contribution in [3.8, 4) is 0 Å². The van der Waals surface area contributed by atoms with Crippen LogP contribution in [-0.2, 0) is 26.2 Å². The molecule has 1 heterocycles. The average molecular weight is 544 g/mol. The maximum Gasteiger partial charge on any atom is 0.265 e. The number of hydrogen-bond acceptors (Lipinski definition) is 4. The third kappa shape index (κ3) is 4.54. The zero-order valence-corrected chi connectivity index (χ0v) is 21.4. The Balaban J connectivity index is 1.50. The van der Waals surface area contributed by atoms with Crippen molar-refractivity contribution in [2.75, 3.05) is 17.9 Å². The number of rotatable bonds is 8. The highest BCUT2D eigenvalue weighted by Crippen LogP contribution is 2.42. The number of halogens is 1. The zero-order chi connectivity index (χ0) is 24.5. The number of nitrogens with one attached hydrogen (secondary N) is 1. The summed E-state index contributed by atoms with van der Waals surface area (Å²) in [5.41, 5.74) is 1.54. The molecular formula is C25H26BrN3O4S. The Hall–Kier alpha value is -2.91. The molecule has 0 spiro atoms. The van der Waals surface area contributed by atoms with Crippen LogP contribution in [-0.4, -0.2) is 44.8 Å². The minimum absolute atomic E-state index is 0.119. The highest BCUT2D eigenvalue weighted by Gasteiger charge is 2.35. The van der Waals surface area contributed by atoms with Crippen molar-refractivity contribution in [2.45, 2.75) is 37.2 Å². The minimum Gasteiger partial charge on any atom is -0.357 e. The molecule has 0 bridgehead atoms. The second-order valence-corrected chi connectivity index (χ2v) is 11.0. The van der Waals surface area contributed by atoms with E-state index in [1.165, 1.54) is 16.3 Å². The lowest BCUT2D eigenvalue weighted by molar-refractivity contribution is -0.140. The largest absolute Gasteiger partial charge is 0.357 e. The summed E-state index contributed by atoms with van der Waals surface area (Å²) in [6, 6.07) is 17.7. The number of anilines is 1. The predicted octanol–water partition coefficient (Wildman–Crippen LogP) is 4.05. The molecule has 1 atom stereocenters. The third-order valence-electron chi connectivity index (χ3n) is 6.09. The molecule has 2 amide bonds. The van der Waals surface area contributed by atoms with Crippen LogP contribution in [0.4, 0.5) is 5.69 Å². The number of nitrogens with zero attached hydrogens (tertiary/aromatic N) is 2. The Kier molecular flexibility index (Phi) is 6.95. The van der Waals surface area contributed by atoms with E-state index in [0.717, 1.165) is 20.8 Å². The number of benzene rings is 3. The molecule has 0 aromatic heterocycles. The van der Waals surface area contributed by atoms with Gasteiger partial charge in [-0.3, -0.25) is 13.9 Å². The number of sulfonamides is 1. The van der Waals surface area contributed by atoms with Crippen LogP contribution in [0.3, 0.4) is 0 Å². The first-order valence-electron chi connectivity index (χ1n) is 11.0. The van der Waals surface area contributed by atoms with Crippen molar-refractivity contribution in [1.82, 2.24) is 10.2 Å². The van der Waals surface area contributed by atoms with Gasteiger partial charge in [-0.25, -0.2) is 8.42 Å². The van der Waals surface area contributed by atoms with E-state index in [0.29, 0.717) is 17.0 Å². The van der Waals surface area contributed by atoms with Gasteiger partial charge in [-0.05, 0) is 48.6 Å². The van der Waals surface area contributed by atoms with Gasteiger partial charge in [0, 0.05) is 36.4 Å². The van der Waals surface area contributed by atoms with Gasteiger partial charge in [0.2, 0.25) is 11.8 Å². The zero-order valence-electron chi connectivity index (χ0n) is 19.0. The van der Waals surface area contributed by atoms with Crippen LogP contribution in [0, 0.1) is 0 Å². The SMILES string of the molecule is CNC(=O)[C@@H](C)N(Cc1cccc(Br)c1)C(=O)CCCN1c2cccc3cccc(c23)S1(=O)=O. The average Bonchev–Trinajstić information content (AvgIpc) is 3.04. The Labute approximate surface area is 207 Å². The molecule has 3 aromatic rings.